The Morgan fingerprint density at radius 3 is 2.30 bits per heavy atom. The molecule has 0 N–H and O–H groups in total. The molecule has 0 fully saturated rings. The molecule has 0 radical (unpaired) electrons. The summed E-state index contributed by atoms with van der Waals surface area (Å²) < 4.78 is 0. The van der Waals surface area contributed by atoms with Gasteiger partial charge in [-0.15, -0.1) is 0 Å². The molecule has 0 nitrogen and oxygen atoms in total. The van der Waals surface area contributed by atoms with Crippen molar-refractivity contribution in [2.45, 2.75) is 72.6 Å². The van der Waals surface area contributed by atoms with Gasteiger partial charge in [0.2, 0.25) is 0 Å². The molecule has 0 atom stereocenters. The van der Waals surface area contributed by atoms with Gasteiger partial charge in [0.05, 0.1) is 0 Å². The summed E-state index contributed by atoms with van der Waals surface area (Å²) in [5.74, 6) is 0. The lowest BCUT2D eigenvalue weighted by molar-refractivity contribution is 0.781. The van der Waals surface area contributed by atoms with E-state index in [1.165, 1.54) is 59.1 Å². The van der Waals surface area contributed by atoms with E-state index in [4.69, 9.17) is 0 Å². The summed E-state index contributed by atoms with van der Waals surface area (Å²) in [4.78, 5) is 0. The van der Waals surface area contributed by atoms with Gasteiger partial charge in [-0.3, -0.25) is 0 Å². The van der Waals surface area contributed by atoms with Gasteiger partial charge in [0.15, 0.2) is 0 Å². The maximum absolute atomic E-state index is 4.13. The normalized spacial score (nSPS) is 16.4. The Bertz CT molecular complexity index is 561. The van der Waals surface area contributed by atoms with E-state index in [1.807, 2.05) is 6.08 Å². The van der Waals surface area contributed by atoms with E-state index in [0.29, 0.717) is 0 Å². The molecule has 126 valence electrons. The van der Waals surface area contributed by atoms with Crippen molar-refractivity contribution in [2.75, 3.05) is 0 Å². The summed E-state index contributed by atoms with van der Waals surface area (Å²) in [6, 6.07) is 0. The molecule has 0 amide bonds. The Morgan fingerprint density at radius 1 is 1.09 bits per heavy atom. The second-order valence-electron chi connectivity index (χ2n) is 6.51. The zero-order valence-electron chi connectivity index (χ0n) is 15.7. The Morgan fingerprint density at radius 2 is 1.78 bits per heavy atom. The van der Waals surface area contributed by atoms with E-state index in [1.54, 1.807) is 0 Å². The molecule has 0 bridgehead atoms. The molecule has 0 saturated carbocycles. The quantitative estimate of drug-likeness (QED) is 0.287. The molecule has 0 heterocycles. The summed E-state index contributed by atoms with van der Waals surface area (Å²) in [5.41, 5.74) is 9.44. The molecule has 1 aliphatic rings. The zero-order valence-corrected chi connectivity index (χ0v) is 15.7. The summed E-state index contributed by atoms with van der Waals surface area (Å²) in [5, 5.41) is 0. The van der Waals surface area contributed by atoms with Gasteiger partial charge in [-0.1, -0.05) is 64.2 Å². The molecule has 0 aromatic carbocycles. The van der Waals surface area contributed by atoms with Crippen LogP contribution in [0.4, 0.5) is 0 Å². The first-order valence-corrected chi connectivity index (χ1v) is 9.08. The molecular weight excluding hydrogens is 276 g/mol. The van der Waals surface area contributed by atoms with E-state index in [9.17, 15) is 0 Å². The van der Waals surface area contributed by atoms with Gasteiger partial charge >= 0.3 is 0 Å². The second kappa shape index (κ2) is 9.55. The maximum atomic E-state index is 4.13. The monoisotopic (exact) mass is 310 g/mol. The molecule has 0 aromatic rings. The molecule has 0 aliphatic heterocycles. The first kappa shape index (κ1) is 19.5. The van der Waals surface area contributed by atoms with Crippen LogP contribution >= 0.6 is 0 Å². The number of hydrogen-bond acceptors (Lipinski definition) is 0. The molecule has 0 saturated heterocycles. The molecule has 23 heavy (non-hydrogen) atoms. The van der Waals surface area contributed by atoms with Gasteiger partial charge in [0.25, 0.3) is 0 Å². The Kier molecular flexibility index (Phi) is 8.09. The van der Waals surface area contributed by atoms with E-state index in [0.717, 1.165) is 24.8 Å². The van der Waals surface area contributed by atoms with Crippen LogP contribution in [0.3, 0.4) is 0 Å². The predicted octanol–water partition coefficient (Wildman–Crippen LogP) is 7.63. The van der Waals surface area contributed by atoms with Gasteiger partial charge in [-0.2, -0.15) is 0 Å². The lowest BCUT2D eigenvalue weighted by Crippen LogP contribution is -2.08. The Balaban J connectivity index is 2.77. The van der Waals surface area contributed by atoms with Crippen LogP contribution in [0, 0.1) is 0 Å². The zero-order chi connectivity index (χ0) is 17.4. The van der Waals surface area contributed by atoms with Crippen LogP contribution < -0.4 is 0 Å². The largest absolute Gasteiger partial charge is 0.0988 e. The lowest BCUT2D eigenvalue weighted by atomic mass is 9.77. The minimum atomic E-state index is 1.06. The van der Waals surface area contributed by atoms with Crippen molar-refractivity contribution in [3.05, 3.63) is 70.9 Å². The van der Waals surface area contributed by atoms with Crippen LogP contribution in [-0.2, 0) is 0 Å². The predicted molar refractivity (Wildman–Crippen MR) is 106 cm³/mol. The fourth-order valence-electron chi connectivity index (χ4n) is 3.27. The van der Waals surface area contributed by atoms with Gasteiger partial charge in [0.1, 0.15) is 0 Å². The molecule has 0 spiro atoms. The van der Waals surface area contributed by atoms with Gasteiger partial charge in [-0.25, -0.2) is 0 Å². The first-order chi connectivity index (χ1) is 11.0. The summed E-state index contributed by atoms with van der Waals surface area (Å²) in [6.45, 7) is 21.1. The number of allylic oxidation sites excluding steroid dienone is 9. The SMILES string of the molecule is C=C/C(CC)=C(CCCC1=C(C)C(=C)C1=C)\C(C)=C/CCCC. The van der Waals surface area contributed by atoms with Crippen molar-refractivity contribution < 1.29 is 0 Å². The smallest absolute Gasteiger partial charge is 0.0224 e. The molecule has 0 unspecified atom stereocenters. The van der Waals surface area contributed by atoms with Gasteiger partial charge in [-0.05, 0) is 79.4 Å². The van der Waals surface area contributed by atoms with Crippen LogP contribution in [-0.4, -0.2) is 0 Å². The highest BCUT2D eigenvalue weighted by Gasteiger charge is 2.21. The average molecular weight is 311 g/mol. The first-order valence-electron chi connectivity index (χ1n) is 9.08. The van der Waals surface area contributed by atoms with Crippen LogP contribution in [0.25, 0.3) is 0 Å². The molecule has 0 aromatic heterocycles. The minimum Gasteiger partial charge on any atom is -0.0988 e. The average Bonchev–Trinajstić information content (AvgIpc) is 2.56. The third-order valence-electron chi connectivity index (χ3n) is 4.99. The number of unbranched alkanes of at least 4 members (excludes halogenated alkanes) is 2. The lowest BCUT2D eigenvalue weighted by Gasteiger charge is -2.27. The summed E-state index contributed by atoms with van der Waals surface area (Å²) in [7, 11) is 0. The minimum absolute atomic E-state index is 1.06. The highest BCUT2D eigenvalue weighted by atomic mass is 14.3. The fraction of sp³-hybridized carbons (Fsp3) is 0.478. The van der Waals surface area contributed by atoms with Crippen LogP contribution in [0.1, 0.15) is 72.6 Å². The number of hydrogen-bond donors (Lipinski definition) is 0. The summed E-state index contributed by atoms with van der Waals surface area (Å²) in [6.07, 6.45) is 12.6. The third kappa shape index (κ3) is 4.96. The van der Waals surface area contributed by atoms with Crippen molar-refractivity contribution in [3.63, 3.8) is 0 Å². The number of rotatable bonds is 10. The molecular formula is C23H34. The van der Waals surface area contributed by atoms with Crippen molar-refractivity contribution in [2.24, 2.45) is 0 Å². The highest BCUT2D eigenvalue weighted by Crippen LogP contribution is 2.40. The Hall–Kier alpha value is -1.56. The molecule has 0 heteroatoms. The standard InChI is InChI=1S/C23H34/c1-8-11-12-14-17(4)22(21(9-2)10-3)15-13-16-23-19(6)18(5)20(23)7/h9,14H,2,5-6,8,10-13,15-16H2,1,3-4,7H3/b17-14-,22-21+. The van der Waals surface area contributed by atoms with Gasteiger partial charge in [0, 0.05) is 0 Å². The molecule has 1 rings (SSSR count). The van der Waals surface area contributed by atoms with E-state index >= 15 is 0 Å². The molecule has 1 aliphatic carbocycles. The van der Waals surface area contributed by atoms with Crippen molar-refractivity contribution >= 4 is 0 Å². The summed E-state index contributed by atoms with van der Waals surface area (Å²) >= 11 is 0. The van der Waals surface area contributed by atoms with Gasteiger partial charge < -0.3 is 0 Å². The van der Waals surface area contributed by atoms with E-state index in [-0.39, 0.29) is 0 Å². The van der Waals surface area contributed by atoms with Crippen LogP contribution in [0.15, 0.2) is 70.9 Å². The third-order valence-corrected chi connectivity index (χ3v) is 4.99. The van der Waals surface area contributed by atoms with Crippen LogP contribution in [0.5, 0.6) is 0 Å². The van der Waals surface area contributed by atoms with Crippen LogP contribution in [0.2, 0.25) is 0 Å². The van der Waals surface area contributed by atoms with Crippen molar-refractivity contribution in [3.8, 4) is 0 Å². The Labute approximate surface area is 144 Å². The topological polar surface area (TPSA) is 0 Å². The van der Waals surface area contributed by atoms with Crippen molar-refractivity contribution in [1.29, 1.82) is 0 Å². The van der Waals surface area contributed by atoms with E-state index < -0.39 is 0 Å². The fourth-order valence-corrected chi connectivity index (χ4v) is 3.27. The highest BCUT2D eigenvalue weighted by molar-refractivity contribution is 5.66. The van der Waals surface area contributed by atoms with Crippen molar-refractivity contribution in [1.82, 2.24) is 0 Å². The second-order valence-corrected chi connectivity index (χ2v) is 6.51. The maximum Gasteiger partial charge on any atom is -0.0224 e. The van der Waals surface area contributed by atoms with E-state index in [2.05, 4.69) is 53.5 Å².